The van der Waals surface area contributed by atoms with Gasteiger partial charge in [-0.3, -0.25) is 19.3 Å². The minimum absolute atomic E-state index is 0.0417. The van der Waals surface area contributed by atoms with Crippen LogP contribution >= 0.6 is 0 Å². The summed E-state index contributed by atoms with van der Waals surface area (Å²) in [4.78, 5) is 40.0. The Morgan fingerprint density at radius 1 is 0.833 bits per heavy atom. The first-order valence-electron chi connectivity index (χ1n) is 9.58. The Morgan fingerprint density at radius 3 is 2.03 bits per heavy atom. The van der Waals surface area contributed by atoms with Crippen molar-refractivity contribution in [3.05, 3.63) is 107 Å². The van der Waals surface area contributed by atoms with Crippen LogP contribution in [0.25, 0.3) is 0 Å². The Labute approximate surface area is 173 Å². The summed E-state index contributed by atoms with van der Waals surface area (Å²) in [5.74, 6) is -1.95. The Balaban J connectivity index is 1.62. The number of amides is 3. The molecule has 1 atom stereocenters. The van der Waals surface area contributed by atoms with Crippen LogP contribution in [-0.2, 0) is 17.8 Å². The third kappa shape index (κ3) is 3.72. The lowest BCUT2D eigenvalue weighted by molar-refractivity contribution is -0.125. The predicted octanol–water partition coefficient (Wildman–Crippen LogP) is 3.35. The van der Waals surface area contributed by atoms with Gasteiger partial charge in [0.15, 0.2) is 0 Å². The molecule has 0 aromatic heterocycles. The quantitative estimate of drug-likeness (QED) is 0.643. The Morgan fingerprint density at radius 2 is 1.40 bits per heavy atom. The van der Waals surface area contributed by atoms with E-state index in [0.717, 1.165) is 10.5 Å². The number of nitrogens with zero attached hydrogens (tertiary/aromatic N) is 1. The average Bonchev–Trinajstić information content (AvgIpc) is 3.02. The van der Waals surface area contributed by atoms with E-state index in [1.807, 2.05) is 30.3 Å². The highest BCUT2D eigenvalue weighted by Crippen LogP contribution is 2.26. The Kier molecular flexibility index (Phi) is 5.39. The zero-order valence-corrected chi connectivity index (χ0v) is 16.0. The molecule has 30 heavy (non-hydrogen) atoms. The van der Waals surface area contributed by atoms with Crippen LogP contribution in [0, 0.1) is 5.82 Å². The molecule has 3 amide bonds. The first kappa shape index (κ1) is 19.5. The zero-order valence-electron chi connectivity index (χ0n) is 16.0. The van der Waals surface area contributed by atoms with Crippen molar-refractivity contribution >= 4 is 17.7 Å². The summed E-state index contributed by atoms with van der Waals surface area (Å²) in [6.45, 7) is -0.0417. The molecule has 4 rings (SSSR count). The standard InChI is InChI=1S/C24H19FN2O3/c25-20-13-7-4-10-17(20)15-26-22(28)21(14-16-8-2-1-3-9-16)27-23(29)18-11-5-6-12-19(18)24(27)30/h1-13,21H,14-15H2,(H,26,28). The number of carbonyl (C=O) groups is 3. The fourth-order valence-corrected chi connectivity index (χ4v) is 3.57. The highest BCUT2D eigenvalue weighted by atomic mass is 19.1. The lowest BCUT2D eigenvalue weighted by Gasteiger charge is -2.25. The second-order valence-corrected chi connectivity index (χ2v) is 7.04. The lowest BCUT2D eigenvalue weighted by atomic mass is 10.0. The smallest absolute Gasteiger partial charge is 0.262 e. The number of benzene rings is 3. The summed E-state index contributed by atoms with van der Waals surface area (Å²) in [5.41, 5.74) is 1.69. The second-order valence-electron chi connectivity index (χ2n) is 7.04. The topological polar surface area (TPSA) is 66.5 Å². The SMILES string of the molecule is O=C(NCc1ccccc1F)C(Cc1ccccc1)N1C(=O)c2ccccc2C1=O. The second kappa shape index (κ2) is 8.29. The normalized spacial score (nSPS) is 13.8. The fourth-order valence-electron chi connectivity index (χ4n) is 3.57. The highest BCUT2D eigenvalue weighted by Gasteiger charge is 2.42. The molecular weight excluding hydrogens is 383 g/mol. The van der Waals surface area contributed by atoms with E-state index in [4.69, 9.17) is 0 Å². The van der Waals surface area contributed by atoms with Gasteiger partial charge in [0.25, 0.3) is 11.8 Å². The molecule has 0 fully saturated rings. The summed E-state index contributed by atoms with van der Waals surface area (Å²) in [7, 11) is 0. The monoisotopic (exact) mass is 402 g/mol. The molecule has 0 aliphatic carbocycles. The van der Waals surface area contributed by atoms with E-state index in [1.54, 1.807) is 42.5 Å². The Bertz CT molecular complexity index is 1080. The third-order valence-corrected chi connectivity index (χ3v) is 5.12. The van der Waals surface area contributed by atoms with Gasteiger partial charge in [-0.1, -0.05) is 60.7 Å². The van der Waals surface area contributed by atoms with E-state index in [1.165, 1.54) is 6.07 Å². The first-order chi connectivity index (χ1) is 14.6. The van der Waals surface area contributed by atoms with Gasteiger partial charge in [0.2, 0.25) is 5.91 Å². The molecule has 0 saturated carbocycles. The van der Waals surface area contributed by atoms with Crippen LogP contribution in [0.4, 0.5) is 4.39 Å². The summed E-state index contributed by atoms with van der Waals surface area (Å²) in [6, 6.07) is 20.7. The van der Waals surface area contributed by atoms with E-state index in [-0.39, 0.29) is 24.1 Å². The van der Waals surface area contributed by atoms with Crippen molar-refractivity contribution in [2.45, 2.75) is 19.0 Å². The molecule has 0 saturated heterocycles. The number of imide groups is 1. The van der Waals surface area contributed by atoms with Gasteiger partial charge in [-0.25, -0.2) is 4.39 Å². The minimum Gasteiger partial charge on any atom is -0.350 e. The third-order valence-electron chi connectivity index (χ3n) is 5.12. The van der Waals surface area contributed by atoms with Crippen molar-refractivity contribution in [1.82, 2.24) is 10.2 Å². The molecule has 3 aromatic rings. The molecule has 1 heterocycles. The largest absolute Gasteiger partial charge is 0.350 e. The van der Waals surface area contributed by atoms with Gasteiger partial charge in [0.05, 0.1) is 11.1 Å². The lowest BCUT2D eigenvalue weighted by Crippen LogP contribution is -2.50. The maximum Gasteiger partial charge on any atom is 0.262 e. The van der Waals surface area contributed by atoms with E-state index < -0.39 is 29.6 Å². The van der Waals surface area contributed by atoms with E-state index in [0.29, 0.717) is 5.56 Å². The number of hydrogen-bond donors (Lipinski definition) is 1. The van der Waals surface area contributed by atoms with Gasteiger partial charge in [0.1, 0.15) is 11.9 Å². The highest BCUT2D eigenvalue weighted by molar-refractivity contribution is 6.22. The van der Waals surface area contributed by atoms with Crippen LogP contribution < -0.4 is 5.32 Å². The number of hydrogen-bond acceptors (Lipinski definition) is 3. The maximum atomic E-state index is 13.9. The van der Waals surface area contributed by atoms with Crippen molar-refractivity contribution in [2.75, 3.05) is 0 Å². The van der Waals surface area contributed by atoms with Gasteiger partial charge in [-0.15, -0.1) is 0 Å². The van der Waals surface area contributed by atoms with Crippen LogP contribution in [0.2, 0.25) is 0 Å². The summed E-state index contributed by atoms with van der Waals surface area (Å²) >= 11 is 0. The molecule has 1 aliphatic heterocycles. The molecule has 1 unspecified atom stereocenters. The van der Waals surface area contributed by atoms with Crippen molar-refractivity contribution in [3.8, 4) is 0 Å². The molecule has 0 bridgehead atoms. The van der Waals surface area contributed by atoms with Crippen LogP contribution in [0.3, 0.4) is 0 Å². The van der Waals surface area contributed by atoms with E-state index >= 15 is 0 Å². The predicted molar refractivity (Wildman–Crippen MR) is 109 cm³/mol. The molecule has 0 radical (unpaired) electrons. The van der Waals surface area contributed by atoms with Crippen LogP contribution in [0.5, 0.6) is 0 Å². The molecule has 150 valence electrons. The summed E-state index contributed by atoms with van der Waals surface area (Å²) in [5, 5.41) is 2.68. The number of fused-ring (bicyclic) bond motifs is 1. The fraction of sp³-hybridized carbons (Fsp3) is 0.125. The van der Waals surface area contributed by atoms with Crippen molar-refractivity contribution in [3.63, 3.8) is 0 Å². The molecular formula is C24H19FN2O3. The maximum absolute atomic E-state index is 13.9. The van der Waals surface area contributed by atoms with Gasteiger partial charge in [0, 0.05) is 18.5 Å². The van der Waals surface area contributed by atoms with Crippen LogP contribution in [0.15, 0.2) is 78.9 Å². The van der Waals surface area contributed by atoms with E-state index in [9.17, 15) is 18.8 Å². The number of carbonyl (C=O) groups excluding carboxylic acids is 3. The summed E-state index contributed by atoms with van der Waals surface area (Å²) < 4.78 is 13.9. The van der Waals surface area contributed by atoms with Crippen molar-refractivity contribution in [1.29, 1.82) is 0 Å². The van der Waals surface area contributed by atoms with Gasteiger partial charge in [-0.05, 0) is 23.8 Å². The summed E-state index contributed by atoms with van der Waals surface area (Å²) in [6.07, 6.45) is 0.162. The first-order valence-corrected chi connectivity index (χ1v) is 9.58. The average molecular weight is 402 g/mol. The molecule has 0 spiro atoms. The van der Waals surface area contributed by atoms with Gasteiger partial charge >= 0.3 is 0 Å². The Hall–Kier alpha value is -3.80. The van der Waals surface area contributed by atoms with Crippen LogP contribution in [-0.4, -0.2) is 28.7 Å². The van der Waals surface area contributed by atoms with Crippen molar-refractivity contribution < 1.29 is 18.8 Å². The molecule has 6 heteroatoms. The number of nitrogens with one attached hydrogen (secondary N) is 1. The van der Waals surface area contributed by atoms with Crippen LogP contribution in [0.1, 0.15) is 31.8 Å². The van der Waals surface area contributed by atoms with E-state index in [2.05, 4.69) is 5.32 Å². The minimum atomic E-state index is -1.05. The van der Waals surface area contributed by atoms with Crippen molar-refractivity contribution in [2.24, 2.45) is 0 Å². The van der Waals surface area contributed by atoms with Gasteiger partial charge < -0.3 is 5.32 Å². The zero-order chi connectivity index (χ0) is 21.1. The molecule has 3 aromatic carbocycles. The van der Waals surface area contributed by atoms with Gasteiger partial charge in [-0.2, -0.15) is 0 Å². The number of rotatable bonds is 6. The molecule has 1 N–H and O–H groups in total. The molecule has 5 nitrogen and oxygen atoms in total. The number of halogens is 1. The molecule has 1 aliphatic rings.